The molecule has 0 saturated carbocycles. The number of hydrazone groups is 1. The van der Waals surface area contributed by atoms with Gasteiger partial charge in [0.2, 0.25) is 11.8 Å². The molecule has 2 N–H and O–H groups in total. The smallest absolute Gasteiger partial charge is 0.240 e. The SMILES string of the molecule is CCCCNC(=O)CCCCC(=O)NN=Cc1cccc(Cl)c1. The number of halogens is 1. The summed E-state index contributed by atoms with van der Waals surface area (Å²) >= 11 is 5.85. The molecular formula is C17H24ClN3O2. The Morgan fingerprint density at radius 2 is 1.91 bits per heavy atom. The van der Waals surface area contributed by atoms with Crippen LogP contribution in [0.4, 0.5) is 0 Å². The number of unbranched alkanes of at least 4 members (excludes halogenated alkanes) is 2. The topological polar surface area (TPSA) is 70.6 Å². The lowest BCUT2D eigenvalue weighted by Crippen LogP contribution is -2.24. The molecule has 0 fully saturated rings. The molecule has 0 aromatic heterocycles. The number of hydrogen-bond acceptors (Lipinski definition) is 3. The Bertz CT molecular complexity index is 532. The van der Waals surface area contributed by atoms with Crippen molar-refractivity contribution >= 4 is 29.6 Å². The second kappa shape index (κ2) is 11.7. The number of benzene rings is 1. The Morgan fingerprint density at radius 1 is 1.17 bits per heavy atom. The summed E-state index contributed by atoms with van der Waals surface area (Å²) in [4.78, 5) is 23.1. The van der Waals surface area contributed by atoms with E-state index in [2.05, 4.69) is 22.8 Å². The predicted octanol–water partition coefficient (Wildman–Crippen LogP) is 3.27. The van der Waals surface area contributed by atoms with Crippen LogP contribution in [0.2, 0.25) is 5.02 Å². The van der Waals surface area contributed by atoms with Crippen molar-refractivity contribution in [3.05, 3.63) is 34.9 Å². The number of carbonyl (C=O) groups excluding carboxylic acids is 2. The zero-order valence-corrected chi connectivity index (χ0v) is 14.2. The van der Waals surface area contributed by atoms with Crippen molar-refractivity contribution in [2.45, 2.75) is 45.4 Å². The maximum absolute atomic E-state index is 11.6. The molecule has 126 valence electrons. The van der Waals surface area contributed by atoms with Gasteiger partial charge in [-0.3, -0.25) is 9.59 Å². The first-order valence-corrected chi connectivity index (χ1v) is 8.33. The van der Waals surface area contributed by atoms with Crippen LogP contribution in [0.3, 0.4) is 0 Å². The first-order chi connectivity index (χ1) is 11.1. The molecule has 0 unspecified atom stereocenters. The summed E-state index contributed by atoms with van der Waals surface area (Å²) in [5.74, 6) is -0.104. The Kier molecular flexibility index (Phi) is 9.71. The van der Waals surface area contributed by atoms with Crippen molar-refractivity contribution in [3.8, 4) is 0 Å². The summed E-state index contributed by atoms with van der Waals surface area (Å²) < 4.78 is 0. The van der Waals surface area contributed by atoms with E-state index in [1.807, 2.05) is 12.1 Å². The number of amides is 2. The maximum Gasteiger partial charge on any atom is 0.240 e. The van der Waals surface area contributed by atoms with Crippen LogP contribution in [0.25, 0.3) is 0 Å². The molecule has 1 rings (SSSR count). The fourth-order valence-electron chi connectivity index (χ4n) is 1.89. The summed E-state index contributed by atoms with van der Waals surface area (Å²) in [6.45, 7) is 2.81. The van der Waals surface area contributed by atoms with Crippen LogP contribution >= 0.6 is 11.6 Å². The molecule has 6 heteroatoms. The molecule has 0 aliphatic rings. The van der Waals surface area contributed by atoms with Gasteiger partial charge in [0.25, 0.3) is 0 Å². The van der Waals surface area contributed by atoms with Crippen molar-refractivity contribution in [1.82, 2.24) is 10.7 Å². The second-order valence-corrected chi connectivity index (χ2v) is 5.70. The molecule has 1 aromatic carbocycles. The highest BCUT2D eigenvalue weighted by Gasteiger charge is 2.03. The summed E-state index contributed by atoms with van der Waals surface area (Å²) in [7, 11) is 0. The van der Waals surface area contributed by atoms with Crippen LogP contribution in [0, 0.1) is 0 Å². The van der Waals surface area contributed by atoms with E-state index in [1.165, 1.54) is 0 Å². The Hall–Kier alpha value is -1.88. The fraction of sp³-hybridized carbons (Fsp3) is 0.471. The van der Waals surface area contributed by atoms with Gasteiger partial charge >= 0.3 is 0 Å². The first-order valence-electron chi connectivity index (χ1n) is 7.96. The van der Waals surface area contributed by atoms with Gasteiger partial charge in [0.15, 0.2) is 0 Å². The van der Waals surface area contributed by atoms with Gasteiger partial charge in [0, 0.05) is 24.4 Å². The lowest BCUT2D eigenvalue weighted by Gasteiger charge is -2.04. The average Bonchev–Trinajstić information content (AvgIpc) is 2.52. The quantitative estimate of drug-likeness (QED) is 0.391. The second-order valence-electron chi connectivity index (χ2n) is 5.26. The molecular weight excluding hydrogens is 314 g/mol. The van der Waals surface area contributed by atoms with Gasteiger partial charge in [-0.1, -0.05) is 37.1 Å². The molecule has 0 radical (unpaired) electrons. The molecule has 0 spiro atoms. The van der Waals surface area contributed by atoms with Gasteiger partial charge < -0.3 is 5.32 Å². The normalized spacial score (nSPS) is 10.7. The third-order valence-corrected chi connectivity index (χ3v) is 3.40. The highest BCUT2D eigenvalue weighted by molar-refractivity contribution is 6.30. The van der Waals surface area contributed by atoms with Gasteiger partial charge in [0.05, 0.1) is 6.21 Å². The minimum absolute atomic E-state index is 0.0536. The number of carbonyl (C=O) groups is 2. The summed E-state index contributed by atoms with van der Waals surface area (Å²) in [5.41, 5.74) is 3.29. The minimum Gasteiger partial charge on any atom is -0.356 e. The van der Waals surface area contributed by atoms with Gasteiger partial charge in [-0.05, 0) is 37.0 Å². The Labute approximate surface area is 142 Å². The van der Waals surface area contributed by atoms with Crippen molar-refractivity contribution in [1.29, 1.82) is 0 Å². The van der Waals surface area contributed by atoms with E-state index in [1.54, 1.807) is 18.3 Å². The number of nitrogens with zero attached hydrogens (tertiary/aromatic N) is 1. The van der Waals surface area contributed by atoms with Crippen molar-refractivity contribution < 1.29 is 9.59 Å². The maximum atomic E-state index is 11.6. The van der Waals surface area contributed by atoms with Crippen LogP contribution in [0.15, 0.2) is 29.4 Å². The van der Waals surface area contributed by atoms with Gasteiger partial charge in [-0.15, -0.1) is 0 Å². The monoisotopic (exact) mass is 337 g/mol. The molecule has 0 aliphatic carbocycles. The molecule has 0 heterocycles. The van der Waals surface area contributed by atoms with Crippen LogP contribution in [-0.2, 0) is 9.59 Å². The molecule has 23 heavy (non-hydrogen) atoms. The fourth-order valence-corrected chi connectivity index (χ4v) is 2.08. The van der Waals surface area contributed by atoms with Crippen molar-refractivity contribution in [3.63, 3.8) is 0 Å². The van der Waals surface area contributed by atoms with Crippen molar-refractivity contribution in [2.24, 2.45) is 5.10 Å². The Morgan fingerprint density at radius 3 is 2.61 bits per heavy atom. The largest absolute Gasteiger partial charge is 0.356 e. The van der Waals surface area contributed by atoms with Gasteiger partial charge in [-0.2, -0.15) is 5.10 Å². The van der Waals surface area contributed by atoms with E-state index in [0.29, 0.717) is 30.7 Å². The zero-order chi connectivity index (χ0) is 16.9. The Balaban J connectivity index is 2.11. The van der Waals surface area contributed by atoms with Crippen LogP contribution in [0.5, 0.6) is 0 Å². The van der Waals surface area contributed by atoms with Crippen LogP contribution in [-0.4, -0.2) is 24.6 Å². The van der Waals surface area contributed by atoms with Crippen LogP contribution < -0.4 is 10.7 Å². The van der Waals surface area contributed by atoms with E-state index < -0.39 is 0 Å². The first kappa shape index (κ1) is 19.2. The molecule has 0 aliphatic heterocycles. The van der Waals surface area contributed by atoms with Gasteiger partial charge in [-0.25, -0.2) is 5.43 Å². The van der Waals surface area contributed by atoms with Crippen LogP contribution in [0.1, 0.15) is 51.0 Å². The molecule has 0 bridgehead atoms. The molecule has 0 saturated heterocycles. The van der Waals surface area contributed by atoms with E-state index in [4.69, 9.17) is 11.6 Å². The third-order valence-electron chi connectivity index (χ3n) is 3.16. The molecule has 2 amide bonds. The predicted molar refractivity (Wildman–Crippen MR) is 93.6 cm³/mol. The summed E-state index contributed by atoms with van der Waals surface area (Å²) in [6.07, 6.45) is 5.79. The summed E-state index contributed by atoms with van der Waals surface area (Å²) in [5, 5.41) is 7.36. The summed E-state index contributed by atoms with van der Waals surface area (Å²) in [6, 6.07) is 7.19. The average molecular weight is 338 g/mol. The third kappa shape index (κ3) is 9.68. The number of hydrogen-bond donors (Lipinski definition) is 2. The van der Waals surface area contributed by atoms with E-state index >= 15 is 0 Å². The zero-order valence-electron chi connectivity index (χ0n) is 13.5. The molecule has 0 atom stereocenters. The van der Waals surface area contributed by atoms with E-state index in [-0.39, 0.29) is 11.8 Å². The standard InChI is InChI=1S/C17H24ClN3O2/c1-2-3-11-19-16(22)9-4-5-10-17(23)21-20-13-14-7-6-8-15(18)12-14/h6-8,12-13H,2-5,9-11H2,1H3,(H,19,22)(H,21,23). The highest BCUT2D eigenvalue weighted by atomic mass is 35.5. The number of rotatable bonds is 10. The lowest BCUT2D eigenvalue weighted by atomic mass is 10.2. The molecule has 1 aromatic rings. The number of nitrogens with one attached hydrogen (secondary N) is 2. The lowest BCUT2D eigenvalue weighted by molar-refractivity contribution is -0.123. The molecule has 5 nitrogen and oxygen atoms in total. The highest BCUT2D eigenvalue weighted by Crippen LogP contribution is 2.08. The minimum atomic E-state index is -0.158. The van der Waals surface area contributed by atoms with Crippen molar-refractivity contribution in [2.75, 3.05) is 6.54 Å². The van der Waals surface area contributed by atoms with E-state index in [9.17, 15) is 9.59 Å². The van der Waals surface area contributed by atoms with E-state index in [0.717, 1.165) is 24.9 Å². The van der Waals surface area contributed by atoms with Gasteiger partial charge in [0.1, 0.15) is 0 Å².